The number of rotatable bonds is 6. The van der Waals surface area contributed by atoms with Crippen LogP contribution in [0.1, 0.15) is 23.2 Å². The van der Waals surface area contributed by atoms with Crippen LogP contribution in [-0.2, 0) is 11.2 Å². The van der Waals surface area contributed by atoms with Gasteiger partial charge in [-0.2, -0.15) is 4.98 Å². The molecular weight excluding hydrogens is 347 g/mol. The fourth-order valence-electron chi connectivity index (χ4n) is 3.09. The van der Waals surface area contributed by atoms with Crippen molar-refractivity contribution < 1.29 is 13.7 Å². The van der Waals surface area contributed by atoms with Crippen LogP contribution in [0.3, 0.4) is 0 Å². The number of anilines is 1. The van der Waals surface area contributed by atoms with Crippen LogP contribution in [0.2, 0.25) is 0 Å². The summed E-state index contributed by atoms with van der Waals surface area (Å²) in [5.74, 6) is 0.708. The SMILES string of the molecule is O=C(CN1CC(c2nc(Cc3ccccc3)no2)C1)Nc1ccccc1F. The molecule has 0 unspecified atom stereocenters. The van der Waals surface area contributed by atoms with Crippen molar-refractivity contribution in [1.82, 2.24) is 15.0 Å². The molecule has 2 heterocycles. The van der Waals surface area contributed by atoms with Crippen LogP contribution in [-0.4, -0.2) is 40.6 Å². The molecule has 2 aromatic carbocycles. The molecule has 4 rings (SSSR count). The van der Waals surface area contributed by atoms with E-state index in [0.717, 1.165) is 5.56 Å². The number of carbonyl (C=O) groups is 1. The first kappa shape index (κ1) is 17.4. The van der Waals surface area contributed by atoms with Gasteiger partial charge in [-0.3, -0.25) is 9.69 Å². The van der Waals surface area contributed by atoms with Crippen molar-refractivity contribution in [1.29, 1.82) is 0 Å². The summed E-state index contributed by atoms with van der Waals surface area (Å²) >= 11 is 0. The number of nitrogens with one attached hydrogen (secondary N) is 1. The van der Waals surface area contributed by atoms with E-state index in [1.165, 1.54) is 6.07 Å². The van der Waals surface area contributed by atoms with Crippen molar-refractivity contribution in [3.63, 3.8) is 0 Å². The zero-order valence-electron chi connectivity index (χ0n) is 14.6. The average Bonchev–Trinajstić information content (AvgIpc) is 3.08. The molecule has 3 aromatic rings. The molecule has 1 aliphatic rings. The summed E-state index contributed by atoms with van der Waals surface area (Å²) in [4.78, 5) is 18.5. The van der Waals surface area contributed by atoms with Gasteiger partial charge in [-0.05, 0) is 17.7 Å². The van der Waals surface area contributed by atoms with Crippen molar-refractivity contribution in [3.05, 3.63) is 77.7 Å². The lowest BCUT2D eigenvalue weighted by Crippen LogP contribution is -2.48. The van der Waals surface area contributed by atoms with Gasteiger partial charge >= 0.3 is 0 Å². The Hall–Kier alpha value is -3.06. The quantitative estimate of drug-likeness (QED) is 0.726. The van der Waals surface area contributed by atoms with Gasteiger partial charge in [0.2, 0.25) is 11.8 Å². The number of nitrogens with zero attached hydrogens (tertiary/aromatic N) is 3. The van der Waals surface area contributed by atoms with E-state index in [0.29, 0.717) is 31.2 Å². The van der Waals surface area contributed by atoms with E-state index in [-0.39, 0.29) is 24.1 Å². The third-order valence-electron chi connectivity index (χ3n) is 4.51. The lowest BCUT2D eigenvalue weighted by molar-refractivity contribution is -0.118. The zero-order chi connectivity index (χ0) is 18.6. The highest BCUT2D eigenvalue weighted by Crippen LogP contribution is 2.26. The number of aromatic nitrogens is 2. The van der Waals surface area contributed by atoms with Gasteiger partial charge in [-0.15, -0.1) is 0 Å². The molecule has 138 valence electrons. The van der Waals surface area contributed by atoms with Crippen molar-refractivity contribution in [3.8, 4) is 0 Å². The Morgan fingerprint density at radius 2 is 1.89 bits per heavy atom. The molecule has 0 saturated carbocycles. The van der Waals surface area contributed by atoms with Crippen molar-refractivity contribution in [2.45, 2.75) is 12.3 Å². The minimum Gasteiger partial charge on any atom is -0.339 e. The molecule has 0 bridgehead atoms. The summed E-state index contributed by atoms with van der Waals surface area (Å²) in [6.07, 6.45) is 0.631. The van der Waals surface area contributed by atoms with Crippen LogP contribution in [0, 0.1) is 5.82 Å². The Kier molecular flexibility index (Phi) is 4.93. The van der Waals surface area contributed by atoms with E-state index in [4.69, 9.17) is 4.52 Å². The first-order valence-corrected chi connectivity index (χ1v) is 8.80. The third kappa shape index (κ3) is 4.20. The Balaban J connectivity index is 1.26. The molecule has 7 heteroatoms. The molecular formula is C20H19FN4O2. The number of hydrogen-bond donors (Lipinski definition) is 1. The van der Waals surface area contributed by atoms with Gasteiger partial charge in [0.15, 0.2) is 5.82 Å². The first-order valence-electron chi connectivity index (χ1n) is 8.80. The monoisotopic (exact) mass is 366 g/mol. The molecule has 1 aliphatic heterocycles. The summed E-state index contributed by atoms with van der Waals surface area (Å²) < 4.78 is 18.9. The molecule has 1 saturated heterocycles. The maximum Gasteiger partial charge on any atom is 0.238 e. The summed E-state index contributed by atoms with van der Waals surface area (Å²) in [6.45, 7) is 1.53. The maximum absolute atomic E-state index is 13.6. The van der Waals surface area contributed by atoms with Crippen molar-refractivity contribution >= 4 is 11.6 Å². The van der Waals surface area contributed by atoms with E-state index in [1.54, 1.807) is 18.2 Å². The molecule has 27 heavy (non-hydrogen) atoms. The topological polar surface area (TPSA) is 71.3 Å². The number of halogens is 1. The predicted molar refractivity (Wildman–Crippen MR) is 97.8 cm³/mol. The summed E-state index contributed by atoms with van der Waals surface area (Å²) in [6, 6.07) is 16.1. The lowest BCUT2D eigenvalue weighted by atomic mass is 10.0. The number of hydrogen-bond acceptors (Lipinski definition) is 5. The lowest BCUT2D eigenvalue weighted by Gasteiger charge is -2.36. The predicted octanol–water partition coefficient (Wildman–Crippen LogP) is 2.84. The molecule has 1 aromatic heterocycles. The maximum atomic E-state index is 13.6. The molecule has 1 amide bonds. The Morgan fingerprint density at radius 1 is 1.15 bits per heavy atom. The fourth-order valence-corrected chi connectivity index (χ4v) is 3.09. The van der Waals surface area contributed by atoms with E-state index < -0.39 is 5.82 Å². The summed E-state index contributed by atoms with van der Waals surface area (Å²) in [5, 5.41) is 6.63. The standard InChI is InChI=1S/C20H19FN4O2/c21-16-8-4-5-9-17(16)22-19(26)13-25-11-15(12-25)20-23-18(24-27-20)10-14-6-2-1-3-7-14/h1-9,15H,10-13H2,(H,22,26). The molecule has 0 atom stereocenters. The molecule has 0 radical (unpaired) electrons. The van der Waals surface area contributed by atoms with Gasteiger partial charge in [-0.25, -0.2) is 4.39 Å². The molecule has 1 N–H and O–H groups in total. The summed E-state index contributed by atoms with van der Waals surface area (Å²) in [5.41, 5.74) is 1.33. The largest absolute Gasteiger partial charge is 0.339 e. The smallest absolute Gasteiger partial charge is 0.238 e. The van der Waals surface area contributed by atoms with Crippen LogP contribution in [0.4, 0.5) is 10.1 Å². The number of likely N-dealkylation sites (tertiary alicyclic amines) is 1. The number of carbonyl (C=O) groups excluding carboxylic acids is 1. The summed E-state index contributed by atoms with van der Waals surface area (Å²) in [7, 11) is 0. The van der Waals surface area contributed by atoms with E-state index in [1.807, 2.05) is 35.2 Å². The minimum atomic E-state index is -0.441. The highest BCUT2D eigenvalue weighted by molar-refractivity contribution is 5.92. The number of benzene rings is 2. The van der Waals surface area contributed by atoms with Crippen LogP contribution in [0.25, 0.3) is 0 Å². The van der Waals surface area contributed by atoms with Crippen LogP contribution in [0.15, 0.2) is 59.1 Å². The Labute approximate surface area is 156 Å². The number of para-hydroxylation sites is 1. The fraction of sp³-hybridized carbons (Fsp3) is 0.250. The van der Waals surface area contributed by atoms with Gasteiger partial charge in [0.1, 0.15) is 5.82 Å². The van der Waals surface area contributed by atoms with Gasteiger partial charge in [-0.1, -0.05) is 47.6 Å². The van der Waals surface area contributed by atoms with Crippen molar-refractivity contribution in [2.24, 2.45) is 0 Å². The molecule has 1 fully saturated rings. The van der Waals surface area contributed by atoms with Crippen molar-refractivity contribution in [2.75, 3.05) is 25.0 Å². The van der Waals surface area contributed by atoms with Crippen LogP contribution < -0.4 is 5.32 Å². The highest BCUT2D eigenvalue weighted by atomic mass is 19.1. The van der Waals surface area contributed by atoms with E-state index in [2.05, 4.69) is 15.5 Å². The highest BCUT2D eigenvalue weighted by Gasteiger charge is 2.33. The normalized spacial score (nSPS) is 14.7. The zero-order valence-corrected chi connectivity index (χ0v) is 14.6. The van der Waals surface area contributed by atoms with Gasteiger partial charge in [0.05, 0.1) is 18.2 Å². The molecule has 0 spiro atoms. The van der Waals surface area contributed by atoms with Crippen LogP contribution in [0.5, 0.6) is 0 Å². The van der Waals surface area contributed by atoms with E-state index >= 15 is 0 Å². The second kappa shape index (κ2) is 7.67. The van der Waals surface area contributed by atoms with Gasteiger partial charge in [0.25, 0.3) is 0 Å². The second-order valence-electron chi connectivity index (χ2n) is 6.63. The third-order valence-corrected chi connectivity index (χ3v) is 4.51. The minimum absolute atomic E-state index is 0.128. The van der Waals surface area contributed by atoms with Gasteiger partial charge in [0, 0.05) is 19.5 Å². The second-order valence-corrected chi connectivity index (χ2v) is 6.63. The molecule has 0 aliphatic carbocycles. The Bertz CT molecular complexity index is 922. The number of amides is 1. The molecule has 6 nitrogen and oxygen atoms in total. The Morgan fingerprint density at radius 3 is 2.67 bits per heavy atom. The average molecular weight is 366 g/mol. The van der Waals surface area contributed by atoms with Crippen LogP contribution >= 0.6 is 0 Å². The first-order chi connectivity index (χ1) is 13.2. The van der Waals surface area contributed by atoms with E-state index in [9.17, 15) is 9.18 Å². The van der Waals surface area contributed by atoms with Gasteiger partial charge < -0.3 is 9.84 Å².